The zero-order chi connectivity index (χ0) is 10.2. The Labute approximate surface area is 85.0 Å². The smallest absolute Gasteiger partial charge is 0.0947 e. The molecule has 3 heteroatoms. The third kappa shape index (κ3) is 3.46. The second-order valence-electron chi connectivity index (χ2n) is 3.15. The first-order valence-corrected chi connectivity index (χ1v) is 4.95. The van der Waals surface area contributed by atoms with E-state index < -0.39 is 0 Å². The number of rotatable bonds is 6. The lowest BCUT2D eigenvalue weighted by Gasteiger charge is -2.15. The normalized spacial score (nSPS) is 12.7. The third-order valence-corrected chi connectivity index (χ3v) is 2.05. The van der Waals surface area contributed by atoms with Crippen molar-refractivity contribution >= 4 is 0 Å². The molecule has 0 radical (unpaired) electrons. The average Bonchev–Trinajstić information content (AvgIpc) is 2.26. The van der Waals surface area contributed by atoms with Crippen molar-refractivity contribution in [1.29, 1.82) is 0 Å². The molecular formula is C11H18N2O. The van der Waals surface area contributed by atoms with Crippen LogP contribution in [0.5, 0.6) is 0 Å². The summed E-state index contributed by atoms with van der Waals surface area (Å²) in [6.07, 6.45) is 0.881. The molecule has 0 spiro atoms. The largest absolute Gasteiger partial charge is 0.372 e. The molecule has 0 amide bonds. The molecule has 78 valence electrons. The van der Waals surface area contributed by atoms with E-state index >= 15 is 0 Å². The Kier molecular flexibility index (Phi) is 5.22. The highest BCUT2D eigenvalue weighted by molar-refractivity contribution is 5.17. The highest BCUT2D eigenvalue weighted by atomic mass is 16.5. The van der Waals surface area contributed by atoms with Crippen LogP contribution in [-0.4, -0.2) is 19.7 Å². The quantitative estimate of drug-likeness (QED) is 0.665. The van der Waals surface area contributed by atoms with E-state index in [0.717, 1.165) is 12.0 Å². The van der Waals surface area contributed by atoms with Crippen molar-refractivity contribution in [3.8, 4) is 0 Å². The molecule has 0 aliphatic heterocycles. The van der Waals surface area contributed by atoms with Crippen LogP contribution >= 0.6 is 0 Å². The van der Waals surface area contributed by atoms with Gasteiger partial charge in [0.05, 0.1) is 6.10 Å². The first-order valence-electron chi connectivity index (χ1n) is 4.95. The van der Waals surface area contributed by atoms with E-state index in [9.17, 15) is 0 Å². The van der Waals surface area contributed by atoms with Crippen molar-refractivity contribution in [2.24, 2.45) is 11.5 Å². The minimum absolute atomic E-state index is 0.00255. The highest BCUT2D eigenvalue weighted by Crippen LogP contribution is 2.15. The summed E-state index contributed by atoms with van der Waals surface area (Å²) < 4.78 is 5.61. The molecule has 0 saturated heterocycles. The van der Waals surface area contributed by atoms with Gasteiger partial charge in [-0.3, -0.25) is 0 Å². The van der Waals surface area contributed by atoms with Gasteiger partial charge in [0.1, 0.15) is 0 Å². The van der Waals surface area contributed by atoms with Gasteiger partial charge < -0.3 is 16.2 Å². The lowest BCUT2D eigenvalue weighted by atomic mass is 10.1. The van der Waals surface area contributed by atoms with Gasteiger partial charge in [0.15, 0.2) is 0 Å². The van der Waals surface area contributed by atoms with Crippen molar-refractivity contribution in [2.45, 2.75) is 12.5 Å². The van der Waals surface area contributed by atoms with Gasteiger partial charge in [0.25, 0.3) is 0 Å². The van der Waals surface area contributed by atoms with Crippen LogP contribution < -0.4 is 11.5 Å². The van der Waals surface area contributed by atoms with Crippen LogP contribution in [0.3, 0.4) is 0 Å². The third-order valence-electron chi connectivity index (χ3n) is 2.05. The standard InChI is InChI=1S/C11H18N2O/c12-7-4-8-14-11(9-13)10-5-2-1-3-6-10/h1-3,5-6,11H,4,7-9,12-13H2. The van der Waals surface area contributed by atoms with Crippen molar-refractivity contribution in [1.82, 2.24) is 0 Å². The van der Waals surface area contributed by atoms with E-state index in [2.05, 4.69) is 0 Å². The summed E-state index contributed by atoms with van der Waals surface area (Å²) in [5.74, 6) is 0. The van der Waals surface area contributed by atoms with E-state index in [4.69, 9.17) is 16.2 Å². The highest BCUT2D eigenvalue weighted by Gasteiger charge is 2.08. The SMILES string of the molecule is NCCCOC(CN)c1ccccc1. The molecule has 1 aromatic carbocycles. The molecule has 0 fully saturated rings. The average molecular weight is 194 g/mol. The Morgan fingerprint density at radius 2 is 1.86 bits per heavy atom. The van der Waals surface area contributed by atoms with Gasteiger partial charge in [-0.25, -0.2) is 0 Å². The molecular weight excluding hydrogens is 176 g/mol. The maximum atomic E-state index is 5.63. The first kappa shape index (κ1) is 11.2. The number of benzene rings is 1. The van der Waals surface area contributed by atoms with E-state index in [-0.39, 0.29) is 6.10 Å². The van der Waals surface area contributed by atoms with Gasteiger partial charge in [0, 0.05) is 13.2 Å². The minimum atomic E-state index is 0.00255. The van der Waals surface area contributed by atoms with E-state index in [1.54, 1.807) is 0 Å². The van der Waals surface area contributed by atoms with Gasteiger partial charge in [-0.05, 0) is 18.5 Å². The van der Waals surface area contributed by atoms with Crippen LogP contribution in [0.15, 0.2) is 30.3 Å². The second-order valence-corrected chi connectivity index (χ2v) is 3.15. The van der Waals surface area contributed by atoms with Crippen LogP contribution in [0.4, 0.5) is 0 Å². The lowest BCUT2D eigenvalue weighted by Crippen LogP contribution is -2.17. The lowest BCUT2D eigenvalue weighted by molar-refractivity contribution is 0.0580. The number of ether oxygens (including phenoxy) is 1. The Bertz CT molecular complexity index is 238. The van der Waals surface area contributed by atoms with Crippen molar-refractivity contribution in [3.05, 3.63) is 35.9 Å². The molecule has 0 heterocycles. The molecule has 0 aromatic heterocycles. The number of nitrogens with two attached hydrogens (primary N) is 2. The van der Waals surface area contributed by atoms with Crippen LogP contribution in [0.1, 0.15) is 18.1 Å². The van der Waals surface area contributed by atoms with Crippen molar-refractivity contribution in [3.63, 3.8) is 0 Å². The summed E-state index contributed by atoms with van der Waals surface area (Å²) in [5.41, 5.74) is 12.1. The monoisotopic (exact) mass is 194 g/mol. The minimum Gasteiger partial charge on any atom is -0.372 e. The molecule has 0 aliphatic carbocycles. The van der Waals surface area contributed by atoms with Crippen LogP contribution in [0, 0.1) is 0 Å². The van der Waals surface area contributed by atoms with E-state index in [1.807, 2.05) is 30.3 Å². The molecule has 3 nitrogen and oxygen atoms in total. The molecule has 4 N–H and O–H groups in total. The zero-order valence-corrected chi connectivity index (χ0v) is 8.36. The van der Waals surface area contributed by atoms with Crippen LogP contribution in [0.2, 0.25) is 0 Å². The summed E-state index contributed by atoms with van der Waals surface area (Å²) in [6, 6.07) is 10.0. The van der Waals surface area contributed by atoms with Gasteiger partial charge in [-0.15, -0.1) is 0 Å². The van der Waals surface area contributed by atoms with E-state index in [1.165, 1.54) is 0 Å². The van der Waals surface area contributed by atoms with Crippen molar-refractivity contribution < 1.29 is 4.74 Å². The second kappa shape index (κ2) is 6.54. The van der Waals surface area contributed by atoms with Crippen molar-refractivity contribution in [2.75, 3.05) is 19.7 Å². The fourth-order valence-electron chi connectivity index (χ4n) is 1.28. The molecule has 1 unspecified atom stereocenters. The first-order chi connectivity index (χ1) is 6.88. The summed E-state index contributed by atoms with van der Waals surface area (Å²) >= 11 is 0. The number of hydrogen-bond acceptors (Lipinski definition) is 3. The van der Waals surface area contributed by atoms with Crippen LogP contribution in [-0.2, 0) is 4.74 Å². The van der Waals surface area contributed by atoms with Gasteiger partial charge in [-0.2, -0.15) is 0 Å². The Morgan fingerprint density at radius 3 is 2.43 bits per heavy atom. The predicted octanol–water partition coefficient (Wildman–Crippen LogP) is 1.05. The topological polar surface area (TPSA) is 61.3 Å². The summed E-state index contributed by atoms with van der Waals surface area (Å²) in [7, 11) is 0. The Hall–Kier alpha value is -0.900. The maximum absolute atomic E-state index is 5.63. The molecule has 0 bridgehead atoms. The van der Waals surface area contributed by atoms with Gasteiger partial charge in [-0.1, -0.05) is 30.3 Å². The fraction of sp³-hybridized carbons (Fsp3) is 0.455. The summed E-state index contributed by atoms with van der Waals surface area (Å²) in [5, 5.41) is 0. The zero-order valence-electron chi connectivity index (χ0n) is 8.36. The molecule has 0 saturated carbocycles. The summed E-state index contributed by atoms with van der Waals surface area (Å²) in [4.78, 5) is 0. The Balaban J connectivity index is 2.46. The summed E-state index contributed by atoms with van der Waals surface area (Å²) in [6.45, 7) is 1.84. The van der Waals surface area contributed by atoms with Crippen LogP contribution in [0.25, 0.3) is 0 Å². The number of hydrogen-bond donors (Lipinski definition) is 2. The van der Waals surface area contributed by atoms with Gasteiger partial charge >= 0.3 is 0 Å². The predicted molar refractivity (Wildman–Crippen MR) is 57.9 cm³/mol. The Morgan fingerprint density at radius 1 is 1.14 bits per heavy atom. The maximum Gasteiger partial charge on any atom is 0.0947 e. The fourth-order valence-corrected chi connectivity index (χ4v) is 1.28. The molecule has 1 aromatic rings. The molecule has 1 rings (SSSR count). The molecule has 14 heavy (non-hydrogen) atoms. The molecule has 1 atom stereocenters. The van der Waals surface area contributed by atoms with E-state index in [0.29, 0.717) is 19.7 Å². The van der Waals surface area contributed by atoms with Gasteiger partial charge in [0.2, 0.25) is 0 Å². The molecule has 0 aliphatic rings.